The molecule has 3 unspecified atom stereocenters. The van der Waals surface area contributed by atoms with Crippen molar-refractivity contribution in [3.8, 4) is 11.1 Å². The number of nitrogens with zero attached hydrogens (tertiary/aromatic N) is 2. The van der Waals surface area contributed by atoms with E-state index < -0.39 is 5.92 Å². The van der Waals surface area contributed by atoms with Crippen molar-refractivity contribution in [3.05, 3.63) is 95.9 Å². The number of anilines is 1. The maximum atomic E-state index is 13.6. The minimum absolute atomic E-state index is 0.0235. The van der Waals surface area contributed by atoms with Crippen LogP contribution in [-0.2, 0) is 4.79 Å². The van der Waals surface area contributed by atoms with E-state index in [1.807, 2.05) is 12.3 Å². The molecule has 194 valence electrons. The second-order valence-electron chi connectivity index (χ2n) is 10.5. The maximum Gasteiger partial charge on any atom is 0.145 e. The number of carbonyl (C=O) groups is 1. The van der Waals surface area contributed by atoms with Gasteiger partial charge < -0.3 is 10.3 Å². The molecule has 1 fully saturated rings. The second kappa shape index (κ2) is 11.3. The van der Waals surface area contributed by atoms with Crippen molar-refractivity contribution >= 4 is 28.6 Å². The van der Waals surface area contributed by atoms with Crippen molar-refractivity contribution in [1.82, 2.24) is 4.98 Å². The number of pyridine rings is 1. The highest BCUT2D eigenvalue weighted by Crippen LogP contribution is 2.34. The van der Waals surface area contributed by atoms with Gasteiger partial charge in [0, 0.05) is 36.8 Å². The van der Waals surface area contributed by atoms with Gasteiger partial charge in [-0.15, -0.1) is 0 Å². The monoisotopic (exact) mass is 507 g/mol. The SMILES string of the molecule is Cc1ccc(C(C)C(C=N)C(=O)C2CCCN(c3nccc4ccc(-c5ccc(F)cc5)cc34)CC2)cc1. The van der Waals surface area contributed by atoms with Crippen molar-refractivity contribution in [2.24, 2.45) is 11.8 Å². The highest BCUT2D eigenvalue weighted by atomic mass is 19.1. The van der Waals surface area contributed by atoms with E-state index in [0.29, 0.717) is 0 Å². The van der Waals surface area contributed by atoms with Gasteiger partial charge in [0.1, 0.15) is 17.4 Å². The Morgan fingerprint density at radius 3 is 2.47 bits per heavy atom. The van der Waals surface area contributed by atoms with Crippen molar-refractivity contribution in [2.45, 2.75) is 39.0 Å². The predicted molar refractivity (Wildman–Crippen MR) is 154 cm³/mol. The van der Waals surface area contributed by atoms with Crippen LogP contribution in [0, 0.1) is 30.0 Å². The molecular formula is C33H34FN3O. The molecule has 38 heavy (non-hydrogen) atoms. The average Bonchev–Trinajstić information content (AvgIpc) is 3.20. The summed E-state index contributed by atoms with van der Waals surface area (Å²) < 4.78 is 13.5. The molecule has 3 aromatic carbocycles. The first-order chi connectivity index (χ1) is 18.4. The van der Waals surface area contributed by atoms with Gasteiger partial charge >= 0.3 is 0 Å². The van der Waals surface area contributed by atoms with Gasteiger partial charge in [-0.2, -0.15) is 0 Å². The molecule has 2 heterocycles. The van der Waals surface area contributed by atoms with Crippen LogP contribution in [0.1, 0.15) is 43.2 Å². The number of Topliss-reactive ketones (excluding diaryl/α,β-unsaturated/α-hetero) is 1. The van der Waals surface area contributed by atoms with E-state index in [1.54, 1.807) is 12.1 Å². The van der Waals surface area contributed by atoms with Crippen LogP contribution >= 0.6 is 0 Å². The Bertz CT molecular complexity index is 1430. The van der Waals surface area contributed by atoms with E-state index in [0.717, 1.165) is 65.6 Å². The number of benzene rings is 3. The maximum absolute atomic E-state index is 13.6. The van der Waals surface area contributed by atoms with Crippen LogP contribution in [0.25, 0.3) is 21.9 Å². The number of fused-ring (bicyclic) bond motifs is 1. The quantitative estimate of drug-likeness (QED) is 0.262. The van der Waals surface area contributed by atoms with Gasteiger partial charge in [0.05, 0.1) is 5.92 Å². The van der Waals surface area contributed by atoms with Gasteiger partial charge in [-0.3, -0.25) is 4.79 Å². The zero-order chi connectivity index (χ0) is 26.6. The summed E-state index contributed by atoms with van der Waals surface area (Å²) in [6, 6.07) is 23.1. The number of nitrogens with one attached hydrogen (secondary N) is 1. The van der Waals surface area contributed by atoms with Gasteiger partial charge in [0.25, 0.3) is 0 Å². The lowest BCUT2D eigenvalue weighted by atomic mass is 9.79. The molecule has 1 aliphatic heterocycles. The molecule has 1 saturated heterocycles. The zero-order valence-corrected chi connectivity index (χ0v) is 22.0. The smallest absolute Gasteiger partial charge is 0.145 e. The minimum Gasteiger partial charge on any atom is -0.356 e. The van der Waals surface area contributed by atoms with Crippen LogP contribution in [0.15, 0.2) is 79.0 Å². The summed E-state index contributed by atoms with van der Waals surface area (Å²) in [5.41, 5.74) is 4.28. The Hall–Kier alpha value is -3.86. The molecule has 0 amide bonds. The molecule has 1 aliphatic rings. The molecule has 0 spiro atoms. The second-order valence-corrected chi connectivity index (χ2v) is 10.5. The van der Waals surface area contributed by atoms with Crippen LogP contribution in [-0.4, -0.2) is 30.1 Å². The summed E-state index contributed by atoms with van der Waals surface area (Å²) in [5, 5.41) is 10.2. The molecule has 0 saturated carbocycles. The number of aromatic nitrogens is 1. The fourth-order valence-corrected chi connectivity index (χ4v) is 5.64. The summed E-state index contributed by atoms with van der Waals surface area (Å²) in [7, 11) is 0. The van der Waals surface area contributed by atoms with Crippen molar-refractivity contribution < 1.29 is 9.18 Å². The molecule has 3 atom stereocenters. The van der Waals surface area contributed by atoms with Crippen LogP contribution < -0.4 is 4.90 Å². The number of ketones is 1. The largest absolute Gasteiger partial charge is 0.356 e. The number of hydrogen-bond acceptors (Lipinski definition) is 4. The molecule has 1 N–H and O–H groups in total. The number of rotatable bonds is 7. The highest BCUT2D eigenvalue weighted by molar-refractivity contribution is 5.97. The van der Waals surface area contributed by atoms with Gasteiger partial charge in [-0.25, -0.2) is 9.37 Å². The third-order valence-corrected chi connectivity index (χ3v) is 8.00. The standard InChI is InChI=1S/C33H34FN3O/c1-22-5-7-24(8-6-22)23(2)31(21-35)32(38)27-4-3-18-37(19-16-27)33-30-20-28(10-9-26(30)15-17-36-33)25-11-13-29(34)14-12-25/h5-15,17,20-21,23,27,31,35H,3-4,16,18-19H2,1-2H3. The first-order valence-electron chi connectivity index (χ1n) is 13.4. The molecule has 5 rings (SSSR count). The lowest BCUT2D eigenvalue weighted by molar-refractivity contribution is -0.125. The molecule has 4 nitrogen and oxygen atoms in total. The lowest BCUT2D eigenvalue weighted by Gasteiger charge is -2.25. The first-order valence-corrected chi connectivity index (χ1v) is 13.4. The Kier molecular flexibility index (Phi) is 7.64. The Labute approximate surface area is 224 Å². The van der Waals surface area contributed by atoms with Crippen molar-refractivity contribution in [3.63, 3.8) is 0 Å². The molecule has 4 aromatic rings. The number of hydrogen-bond donors (Lipinski definition) is 1. The summed E-state index contributed by atoms with van der Waals surface area (Å²) in [5.74, 6) is 0.358. The van der Waals surface area contributed by atoms with Gasteiger partial charge in [0.15, 0.2) is 0 Å². The Morgan fingerprint density at radius 2 is 1.74 bits per heavy atom. The molecule has 0 aliphatic carbocycles. The topological polar surface area (TPSA) is 57.1 Å². The fraction of sp³-hybridized carbons (Fsp3) is 0.303. The van der Waals surface area contributed by atoms with E-state index in [4.69, 9.17) is 10.4 Å². The fourth-order valence-electron chi connectivity index (χ4n) is 5.64. The molecular weight excluding hydrogens is 473 g/mol. The van der Waals surface area contributed by atoms with Gasteiger partial charge in [0.2, 0.25) is 0 Å². The molecule has 0 bridgehead atoms. The summed E-state index contributed by atoms with van der Waals surface area (Å²) in [6.45, 7) is 5.69. The van der Waals surface area contributed by atoms with Crippen LogP contribution in [0.2, 0.25) is 0 Å². The van der Waals surface area contributed by atoms with Crippen molar-refractivity contribution in [2.75, 3.05) is 18.0 Å². The number of aryl methyl sites for hydroxylation is 1. The predicted octanol–water partition coefficient (Wildman–Crippen LogP) is 7.59. The first kappa shape index (κ1) is 25.8. The van der Waals surface area contributed by atoms with E-state index >= 15 is 0 Å². The average molecular weight is 508 g/mol. The van der Waals surface area contributed by atoms with Gasteiger partial charge in [-0.05, 0) is 78.4 Å². The number of halogens is 1. The molecule has 0 radical (unpaired) electrons. The third kappa shape index (κ3) is 5.38. The summed E-state index contributed by atoms with van der Waals surface area (Å²) in [6.07, 6.45) is 5.66. The van der Waals surface area contributed by atoms with E-state index in [9.17, 15) is 9.18 Å². The van der Waals surface area contributed by atoms with Crippen molar-refractivity contribution in [1.29, 1.82) is 5.41 Å². The third-order valence-electron chi connectivity index (χ3n) is 8.00. The number of carbonyl (C=O) groups excluding carboxylic acids is 1. The zero-order valence-electron chi connectivity index (χ0n) is 22.0. The molecule has 5 heteroatoms. The van der Waals surface area contributed by atoms with Gasteiger partial charge in [-0.1, -0.05) is 61.0 Å². The Morgan fingerprint density at radius 1 is 1.00 bits per heavy atom. The summed E-state index contributed by atoms with van der Waals surface area (Å²) in [4.78, 5) is 20.7. The lowest BCUT2D eigenvalue weighted by Crippen LogP contribution is -2.30. The van der Waals surface area contributed by atoms with Crippen LogP contribution in [0.5, 0.6) is 0 Å². The minimum atomic E-state index is -0.414. The van der Waals surface area contributed by atoms with E-state index in [2.05, 4.69) is 61.2 Å². The van der Waals surface area contributed by atoms with E-state index in [-0.39, 0.29) is 23.4 Å². The highest BCUT2D eigenvalue weighted by Gasteiger charge is 2.32. The van der Waals surface area contributed by atoms with Crippen LogP contribution in [0.4, 0.5) is 10.2 Å². The summed E-state index contributed by atoms with van der Waals surface area (Å²) >= 11 is 0. The van der Waals surface area contributed by atoms with Crippen LogP contribution in [0.3, 0.4) is 0 Å². The molecule has 1 aromatic heterocycles. The Balaban J connectivity index is 1.35. The van der Waals surface area contributed by atoms with E-state index in [1.165, 1.54) is 23.9 Å². The normalized spacial score (nSPS) is 17.6.